The topological polar surface area (TPSA) is 119 Å². The van der Waals surface area contributed by atoms with Gasteiger partial charge in [-0.1, -0.05) is 30.3 Å². The quantitative estimate of drug-likeness (QED) is 0.434. The van der Waals surface area contributed by atoms with Crippen molar-refractivity contribution < 1.29 is 14.6 Å². The molecule has 0 aliphatic carbocycles. The van der Waals surface area contributed by atoms with Crippen LogP contribution in [-0.2, 0) is 0 Å². The number of benzene rings is 1. The average molecular weight is 371 g/mol. The first-order valence-electron chi connectivity index (χ1n) is 8.74. The molecule has 0 bridgehead atoms. The van der Waals surface area contributed by atoms with E-state index in [-0.39, 0.29) is 31.0 Å². The molecular formula is C19H25N5O3. The molecule has 0 saturated carbocycles. The molecule has 0 spiro atoms. The van der Waals surface area contributed by atoms with E-state index in [4.69, 9.17) is 15.3 Å². The highest BCUT2D eigenvalue weighted by Gasteiger charge is 2.15. The van der Waals surface area contributed by atoms with Crippen LogP contribution in [-0.4, -0.2) is 42.1 Å². The predicted octanol–water partition coefficient (Wildman–Crippen LogP) is 2.76. The fourth-order valence-corrected chi connectivity index (χ4v) is 2.49. The van der Waals surface area contributed by atoms with Gasteiger partial charge in [-0.25, -0.2) is 4.79 Å². The molecule has 2 aromatic rings. The molecule has 1 atom stereocenters. The van der Waals surface area contributed by atoms with E-state index in [1.165, 1.54) is 0 Å². The average Bonchev–Trinajstić information content (AvgIpc) is 2.68. The number of aromatic nitrogens is 1. The molecule has 0 saturated heterocycles. The van der Waals surface area contributed by atoms with Crippen molar-refractivity contribution in [3.63, 3.8) is 0 Å². The minimum atomic E-state index is -0.418. The number of ether oxygens (including phenoxy) is 1. The van der Waals surface area contributed by atoms with Crippen LogP contribution in [0.25, 0.3) is 0 Å². The maximum absolute atomic E-state index is 12.3. The Morgan fingerprint density at radius 1 is 1.37 bits per heavy atom. The molecule has 5 N–H and O–H groups in total. The van der Waals surface area contributed by atoms with Gasteiger partial charge in [0.15, 0.2) is 0 Å². The predicted molar refractivity (Wildman–Crippen MR) is 106 cm³/mol. The summed E-state index contributed by atoms with van der Waals surface area (Å²) in [4.78, 5) is 16.6. The second-order valence-corrected chi connectivity index (χ2v) is 5.75. The van der Waals surface area contributed by atoms with E-state index < -0.39 is 6.03 Å². The minimum absolute atomic E-state index is 0.0591. The molecule has 2 amide bonds. The Labute approximate surface area is 158 Å². The van der Waals surface area contributed by atoms with E-state index >= 15 is 0 Å². The number of pyridine rings is 1. The molecule has 0 aliphatic rings. The summed E-state index contributed by atoms with van der Waals surface area (Å²) in [5, 5.41) is 25.2. The van der Waals surface area contributed by atoms with Crippen LogP contribution in [0, 0.1) is 5.41 Å². The number of nitrogens with zero attached hydrogens (tertiary/aromatic N) is 1. The first kappa shape index (κ1) is 20.2. The zero-order valence-corrected chi connectivity index (χ0v) is 15.5. The Morgan fingerprint density at radius 3 is 2.74 bits per heavy atom. The summed E-state index contributed by atoms with van der Waals surface area (Å²) >= 11 is 0. The van der Waals surface area contributed by atoms with E-state index in [9.17, 15) is 4.79 Å². The second kappa shape index (κ2) is 10.1. The van der Waals surface area contributed by atoms with Crippen molar-refractivity contribution >= 4 is 23.8 Å². The third-order valence-corrected chi connectivity index (χ3v) is 3.74. The molecule has 8 heteroatoms. The van der Waals surface area contributed by atoms with Gasteiger partial charge < -0.3 is 25.9 Å². The van der Waals surface area contributed by atoms with Gasteiger partial charge in [-0.15, -0.1) is 0 Å². The van der Waals surface area contributed by atoms with Crippen LogP contribution in [0.5, 0.6) is 5.88 Å². The molecular weight excluding hydrogens is 346 g/mol. The number of rotatable bonds is 9. The first-order chi connectivity index (χ1) is 13.1. The summed E-state index contributed by atoms with van der Waals surface area (Å²) < 4.78 is 5.46. The van der Waals surface area contributed by atoms with E-state index in [2.05, 4.69) is 20.9 Å². The molecule has 8 nitrogen and oxygen atoms in total. The van der Waals surface area contributed by atoms with Gasteiger partial charge >= 0.3 is 6.03 Å². The Bertz CT molecular complexity index is 767. The monoisotopic (exact) mass is 371 g/mol. The number of anilines is 2. The minimum Gasteiger partial charge on any atom is -0.474 e. The second-order valence-electron chi connectivity index (χ2n) is 5.75. The number of urea groups is 1. The Kier molecular flexibility index (Phi) is 7.57. The van der Waals surface area contributed by atoms with Crippen LogP contribution in [0.1, 0.15) is 31.0 Å². The Balaban J connectivity index is 2.16. The maximum Gasteiger partial charge on any atom is 0.320 e. The summed E-state index contributed by atoms with van der Waals surface area (Å²) in [7, 11) is 0. The lowest BCUT2D eigenvalue weighted by Crippen LogP contribution is -2.31. The molecule has 144 valence electrons. The molecule has 2 rings (SSSR count). The third kappa shape index (κ3) is 5.68. The molecule has 1 aromatic heterocycles. The van der Waals surface area contributed by atoms with Crippen molar-refractivity contribution in [2.24, 2.45) is 0 Å². The fourth-order valence-electron chi connectivity index (χ4n) is 2.49. The van der Waals surface area contributed by atoms with Crippen LogP contribution in [0.4, 0.5) is 16.3 Å². The van der Waals surface area contributed by atoms with Crippen LogP contribution in [0.3, 0.4) is 0 Å². The van der Waals surface area contributed by atoms with Gasteiger partial charge in [0.2, 0.25) is 5.88 Å². The number of carbonyl (C=O) groups excluding carboxylic acids is 1. The molecule has 1 heterocycles. The van der Waals surface area contributed by atoms with Gasteiger partial charge in [0.1, 0.15) is 18.1 Å². The highest BCUT2D eigenvalue weighted by atomic mass is 16.5. The van der Waals surface area contributed by atoms with Crippen LogP contribution < -0.4 is 20.7 Å². The van der Waals surface area contributed by atoms with E-state index in [0.717, 1.165) is 11.8 Å². The summed E-state index contributed by atoms with van der Waals surface area (Å²) in [6, 6.07) is 10.6. The number of amides is 2. The molecule has 0 radical (unpaired) electrons. The number of hydrogen-bond donors (Lipinski definition) is 5. The largest absolute Gasteiger partial charge is 0.474 e. The lowest BCUT2D eigenvalue weighted by molar-refractivity contribution is 0.197. The summed E-state index contributed by atoms with van der Waals surface area (Å²) in [6.07, 6.45) is 1.15. The first-order valence-corrected chi connectivity index (χ1v) is 8.74. The number of carbonyl (C=O) groups is 1. The normalized spacial score (nSPS) is 11.4. The fraction of sp³-hybridized carbons (Fsp3) is 0.316. The number of aliphatic hydroxyl groups is 1. The number of nitrogens with one attached hydrogen (secondary N) is 4. The van der Waals surface area contributed by atoms with E-state index in [1.807, 2.05) is 44.2 Å². The van der Waals surface area contributed by atoms with Crippen molar-refractivity contribution in [2.45, 2.75) is 19.9 Å². The van der Waals surface area contributed by atoms with Gasteiger partial charge in [0.05, 0.1) is 12.6 Å². The van der Waals surface area contributed by atoms with Gasteiger partial charge in [-0.05, 0) is 25.5 Å². The van der Waals surface area contributed by atoms with Gasteiger partial charge in [-0.2, -0.15) is 4.98 Å². The Morgan fingerprint density at radius 2 is 2.11 bits per heavy atom. The molecule has 0 fully saturated rings. The van der Waals surface area contributed by atoms with E-state index in [0.29, 0.717) is 17.8 Å². The highest BCUT2D eigenvalue weighted by Crippen LogP contribution is 2.28. The van der Waals surface area contributed by atoms with Gasteiger partial charge in [0, 0.05) is 18.3 Å². The van der Waals surface area contributed by atoms with Crippen molar-refractivity contribution in [1.82, 2.24) is 10.3 Å². The van der Waals surface area contributed by atoms with Gasteiger partial charge in [0.25, 0.3) is 0 Å². The highest BCUT2D eigenvalue weighted by molar-refractivity contribution is 5.93. The zero-order chi connectivity index (χ0) is 19.6. The number of hydrogen-bond acceptors (Lipinski definition) is 6. The molecule has 0 aliphatic heterocycles. The smallest absolute Gasteiger partial charge is 0.320 e. The third-order valence-electron chi connectivity index (χ3n) is 3.74. The van der Waals surface area contributed by atoms with Crippen molar-refractivity contribution in [3.8, 4) is 5.88 Å². The summed E-state index contributed by atoms with van der Waals surface area (Å²) in [5.74, 6) is 0.471. The molecule has 27 heavy (non-hydrogen) atoms. The molecule has 1 unspecified atom stereocenters. The Hall–Kier alpha value is -3.13. The van der Waals surface area contributed by atoms with Crippen LogP contribution in [0.2, 0.25) is 0 Å². The van der Waals surface area contributed by atoms with Crippen molar-refractivity contribution in [1.29, 1.82) is 5.41 Å². The molecule has 1 aromatic carbocycles. The van der Waals surface area contributed by atoms with Gasteiger partial charge in [-0.3, -0.25) is 5.32 Å². The number of aliphatic hydroxyl groups excluding tert-OH is 1. The lowest BCUT2D eigenvalue weighted by Gasteiger charge is -2.17. The lowest BCUT2D eigenvalue weighted by atomic mass is 10.1. The maximum atomic E-state index is 12.3. The van der Waals surface area contributed by atoms with Crippen LogP contribution in [0.15, 0.2) is 36.4 Å². The summed E-state index contributed by atoms with van der Waals surface area (Å²) in [5.41, 5.74) is 2.05. The zero-order valence-electron chi connectivity index (χ0n) is 15.5. The summed E-state index contributed by atoms with van der Waals surface area (Å²) in [6.45, 7) is 4.30. The van der Waals surface area contributed by atoms with Crippen molar-refractivity contribution in [3.05, 3.63) is 47.5 Å². The SMILES string of the molecule is CCNc1c(C=N)cc(NC(=O)NC(C)c2ccccc2)nc1OCCO. The van der Waals surface area contributed by atoms with E-state index in [1.54, 1.807) is 6.07 Å². The standard InChI is InChI=1S/C19H25N5O3/c1-3-21-17-15(12-20)11-16(23-18(17)27-10-9-25)24-19(26)22-13(2)14-7-5-4-6-8-14/h4-8,11-13,20-21,25H,3,9-10H2,1-2H3,(H2,22,23,24,26). The van der Waals surface area contributed by atoms with Crippen molar-refractivity contribution in [2.75, 3.05) is 30.4 Å². The van der Waals surface area contributed by atoms with Crippen LogP contribution >= 0.6 is 0 Å².